The molecule has 2 N–H and O–H groups in total. The van der Waals surface area contributed by atoms with Gasteiger partial charge in [0.15, 0.2) is 11.6 Å². The molecule has 0 saturated carbocycles. The molecule has 0 aromatic heterocycles. The summed E-state index contributed by atoms with van der Waals surface area (Å²) in [4.78, 5) is 19.1. The SMILES string of the molecule is CC(NCCN(C(=O)c1ccc(NS(=O)(=O)C2C=CC=C3C=CC=NC32)cc1)C(C)C)c1c(F)ccc(F)c1F. The van der Waals surface area contributed by atoms with Gasteiger partial charge in [-0.3, -0.25) is 14.5 Å². The first-order chi connectivity index (χ1) is 19.0. The van der Waals surface area contributed by atoms with E-state index in [0.29, 0.717) is 11.3 Å². The van der Waals surface area contributed by atoms with E-state index >= 15 is 0 Å². The molecule has 2 aromatic carbocycles. The fraction of sp³-hybridized carbons (Fsp3) is 0.310. The first kappa shape index (κ1) is 29.3. The zero-order valence-corrected chi connectivity index (χ0v) is 23.1. The Morgan fingerprint density at radius 1 is 1.02 bits per heavy atom. The maximum absolute atomic E-state index is 14.1. The molecular weight excluding hydrogens is 541 g/mol. The van der Waals surface area contributed by atoms with E-state index in [2.05, 4.69) is 15.0 Å². The van der Waals surface area contributed by atoms with Crippen molar-refractivity contribution in [2.45, 2.75) is 44.1 Å². The van der Waals surface area contributed by atoms with E-state index in [1.54, 1.807) is 29.3 Å². The second-order valence-electron chi connectivity index (χ2n) is 9.87. The quantitative estimate of drug-likeness (QED) is 0.396. The van der Waals surface area contributed by atoms with E-state index in [4.69, 9.17) is 0 Å². The summed E-state index contributed by atoms with van der Waals surface area (Å²) in [6.45, 7) is 5.59. The number of sulfonamides is 1. The number of halogens is 3. The van der Waals surface area contributed by atoms with E-state index < -0.39 is 50.4 Å². The molecule has 3 unspecified atom stereocenters. The van der Waals surface area contributed by atoms with Gasteiger partial charge in [0.1, 0.15) is 11.1 Å². The summed E-state index contributed by atoms with van der Waals surface area (Å²) in [5.41, 5.74) is 1.06. The largest absolute Gasteiger partial charge is 0.335 e. The molecule has 1 amide bonds. The van der Waals surface area contributed by atoms with E-state index in [9.17, 15) is 26.4 Å². The lowest BCUT2D eigenvalue weighted by Gasteiger charge is -2.28. The van der Waals surface area contributed by atoms with Crippen molar-refractivity contribution >= 4 is 27.8 Å². The van der Waals surface area contributed by atoms with E-state index in [-0.39, 0.29) is 25.0 Å². The van der Waals surface area contributed by atoms with E-state index in [1.165, 1.54) is 31.2 Å². The summed E-state index contributed by atoms with van der Waals surface area (Å²) in [6.07, 6.45) is 10.3. The number of carbonyl (C=O) groups is 1. The smallest absolute Gasteiger partial charge is 0.254 e. The van der Waals surface area contributed by atoms with Crippen LogP contribution in [0.15, 0.2) is 77.3 Å². The molecule has 11 heteroatoms. The molecule has 0 fully saturated rings. The molecule has 40 heavy (non-hydrogen) atoms. The topological polar surface area (TPSA) is 90.9 Å². The minimum Gasteiger partial charge on any atom is -0.335 e. The van der Waals surface area contributed by atoms with Crippen molar-refractivity contribution in [2.75, 3.05) is 17.8 Å². The summed E-state index contributed by atoms with van der Waals surface area (Å²) >= 11 is 0. The van der Waals surface area contributed by atoms with Crippen molar-refractivity contribution in [2.24, 2.45) is 4.99 Å². The lowest BCUT2D eigenvalue weighted by Crippen LogP contribution is -2.42. The molecular formula is C29H31F3N4O3S. The van der Waals surface area contributed by atoms with Gasteiger partial charge in [-0.2, -0.15) is 0 Å². The van der Waals surface area contributed by atoms with Crippen LogP contribution in [-0.4, -0.2) is 55.9 Å². The lowest BCUT2D eigenvalue weighted by molar-refractivity contribution is 0.0706. The van der Waals surface area contributed by atoms with Crippen LogP contribution in [0.1, 0.15) is 42.7 Å². The molecule has 4 rings (SSSR count). The van der Waals surface area contributed by atoms with Crippen molar-refractivity contribution in [3.63, 3.8) is 0 Å². The second kappa shape index (κ2) is 12.2. The molecule has 1 aliphatic carbocycles. The Morgan fingerprint density at radius 3 is 2.42 bits per heavy atom. The number of rotatable bonds is 10. The molecule has 1 aliphatic heterocycles. The third-order valence-corrected chi connectivity index (χ3v) is 8.47. The highest BCUT2D eigenvalue weighted by molar-refractivity contribution is 7.93. The van der Waals surface area contributed by atoms with Gasteiger partial charge in [0, 0.05) is 48.2 Å². The third kappa shape index (κ3) is 6.37. The van der Waals surface area contributed by atoms with Gasteiger partial charge in [-0.05, 0) is 68.8 Å². The predicted octanol–water partition coefficient (Wildman–Crippen LogP) is 4.92. The number of nitrogens with zero attached hydrogens (tertiary/aromatic N) is 2. The van der Waals surface area contributed by atoms with Crippen LogP contribution in [0.4, 0.5) is 18.9 Å². The molecule has 0 spiro atoms. The first-order valence-corrected chi connectivity index (χ1v) is 14.4. The highest BCUT2D eigenvalue weighted by Crippen LogP contribution is 2.27. The molecule has 3 atom stereocenters. The first-order valence-electron chi connectivity index (χ1n) is 12.9. The Kier molecular flexibility index (Phi) is 8.95. The lowest BCUT2D eigenvalue weighted by atomic mass is 9.97. The van der Waals surface area contributed by atoms with Gasteiger partial charge in [0.25, 0.3) is 5.91 Å². The summed E-state index contributed by atoms with van der Waals surface area (Å²) in [7, 11) is -3.83. The van der Waals surface area contributed by atoms with Crippen LogP contribution in [0.25, 0.3) is 0 Å². The Bertz CT molecular complexity index is 1480. The average molecular weight is 573 g/mol. The number of nitrogens with one attached hydrogen (secondary N) is 2. The number of amides is 1. The number of fused-ring (bicyclic) bond motifs is 1. The van der Waals surface area contributed by atoms with Gasteiger partial charge < -0.3 is 10.2 Å². The minimum atomic E-state index is -3.83. The standard InChI is InChI=1S/C29H31F3N4O3S/c1-18(2)36(17-16-33-19(3)26-23(30)13-14-24(31)27(26)32)29(37)21-9-11-22(12-10-21)35-40(38,39)25-8-4-6-20-7-5-15-34-28(20)25/h4-15,18-19,25,28,33,35H,16-17H2,1-3H3. The number of carbonyl (C=O) groups excluding carboxylic acids is 1. The van der Waals surface area contributed by atoms with Crippen molar-refractivity contribution in [3.05, 3.63) is 101 Å². The number of allylic oxidation sites excluding steroid dienone is 3. The fourth-order valence-corrected chi connectivity index (χ4v) is 6.15. The number of hydrogen-bond acceptors (Lipinski definition) is 5. The predicted molar refractivity (Wildman–Crippen MR) is 150 cm³/mol. The highest BCUT2D eigenvalue weighted by Gasteiger charge is 2.35. The maximum atomic E-state index is 14.1. The number of dihydropyridines is 1. The Morgan fingerprint density at radius 2 is 1.73 bits per heavy atom. The van der Waals surface area contributed by atoms with Crippen LogP contribution in [0.2, 0.25) is 0 Å². The van der Waals surface area contributed by atoms with Crippen molar-refractivity contribution < 1.29 is 26.4 Å². The Hall–Kier alpha value is -3.70. The Balaban J connectivity index is 1.39. The van der Waals surface area contributed by atoms with Gasteiger partial charge in [-0.1, -0.05) is 24.3 Å². The average Bonchev–Trinajstić information content (AvgIpc) is 2.92. The van der Waals surface area contributed by atoms with E-state index in [1.807, 2.05) is 26.0 Å². The van der Waals surface area contributed by atoms with Crippen LogP contribution in [0, 0.1) is 17.5 Å². The van der Waals surface area contributed by atoms with Gasteiger partial charge in [0.2, 0.25) is 10.0 Å². The van der Waals surface area contributed by atoms with Crippen LogP contribution in [-0.2, 0) is 10.0 Å². The van der Waals surface area contributed by atoms with Crippen molar-refractivity contribution in [3.8, 4) is 0 Å². The fourth-order valence-electron chi connectivity index (χ4n) is 4.68. The summed E-state index contributed by atoms with van der Waals surface area (Å²) in [5, 5.41) is 2.07. The van der Waals surface area contributed by atoms with Gasteiger partial charge >= 0.3 is 0 Å². The summed E-state index contributed by atoms with van der Waals surface area (Å²) < 4.78 is 70.6. The third-order valence-electron chi connectivity index (χ3n) is 6.81. The monoisotopic (exact) mass is 572 g/mol. The summed E-state index contributed by atoms with van der Waals surface area (Å²) in [5.74, 6) is -3.53. The van der Waals surface area contributed by atoms with Crippen LogP contribution >= 0.6 is 0 Å². The summed E-state index contributed by atoms with van der Waals surface area (Å²) in [6, 6.07) is 6.17. The zero-order chi connectivity index (χ0) is 29.0. The number of benzene rings is 2. The number of aliphatic imine (C=N–C) groups is 1. The normalized spacial score (nSPS) is 18.8. The van der Waals surface area contributed by atoms with Crippen LogP contribution < -0.4 is 10.0 Å². The molecule has 212 valence electrons. The highest BCUT2D eigenvalue weighted by atomic mass is 32.2. The molecule has 2 aromatic rings. The number of hydrogen-bond donors (Lipinski definition) is 2. The zero-order valence-electron chi connectivity index (χ0n) is 22.3. The molecule has 7 nitrogen and oxygen atoms in total. The minimum absolute atomic E-state index is 0.197. The van der Waals surface area contributed by atoms with Crippen LogP contribution in [0.3, 0.4) is 0 Å². The van der Waals surface area contributed by atoms with Crippen LogP contribution in [0.5, 0.6) is 0 Å². The van der Waals surface area contributed by atoms with Gasteiger partial charge in [-0.25, -0.2) is 21.6 Å². The maximum Gasteiger partial charge on any atom is 0.254 e. The number of anilines is 1. The van der Waals surface area contributed by atoms with Gasteiger partial charge in [0.05, 0.1) is 6.04 Å². The second-order valence-corrected chi connectivity index (χ2v) is 11.7. The Labute approximate surface area is 232 Å². The molecule has 0 saturated heterocycles. The molecule has 1 heterocycles. The van der Waals surface area contributed by atoms with Gasteiger partial charge in [-0.15, -0.1) is 0 Å². The van der Waals surface area contributed by atoms with Crippen molar-refractivity contribution in [1.29, 1.82) is 0 Å². The molecule has 2 aliphatic rings. The van der Waals surface area contributed by atoms with E-state index in [0.717, 1.165) is 17.7 Å². The molecule has 0 bridgehead atoms. The molecule has 0 radical (unpaired) electrons. The van der Waals surface area contributed by atoms with Crippen molar-refractivity contribution in [1.82, 2.24) is 10.2 Å².